The Bertz CT molecular complexity index is 267. The Morgan fingerprint density at radius 1 is 1.06 bits per heavy atom. The van der Waals surface area contributed by atoms with Crippen LogP contribution in [0.1, 0.15) is 54.4 Å². The second-order valence-corrected chi connectivity index (χ2v) is 7.36. The van der Waals surface area contributed by atoms with Crippen LogP contribution < -0.4 is 0 Å². The molecule has 16 heavy (non-hydrogen) atoms. The number of Topliss-reactive ketones (excluding diaryl/α,β-unsaturated/α-hetero) is 1. The molecular formula is C14H26O2. The summed E-state index contributed by atoms with van der Waals surface area (Å²) in [5, 5.41) is 10.2. The van der Waals surface area contributed by atoms with Gasteiger partial charge in [0.25, 0.3) is 0 Å². The van der Waals surface area contributed by atoms with Crippen molar-refractivity contribution in [2.24, 2.45) is 22.7 Å². The summed E-state index contributed by atoms with van der Waals surface area (Å²) in [5.74, 6) is 0.456. The maximum atomic E-state index is 12.1. The van der Waals surface area contributed by atoms with Crippen LogP contribution in [0.15, 0.2) is 0 Å². The summed E-state index contributed by atoms with van der Waals surface area (Å²) in [6, 6.07) is 0. The molecule has 1 rings (SSSR count). The molecule has 94 valence electrons. The van der Waals surface area contributed by atoms with Crippen LogP contribution in [0.4, 0.5) is 0 Å². The van der Waals surface area contributed by atoms with Crippen LogP contribution in [0.25, 0.3) is 0 Å². The molecule has 1 N–H and O–H groups in total. The van der Waals surface area contributed by atoms with Crippen molar-refractivity contribution in [3.05, 3.63) is 0 Å². The van der Waals surface area contributed by atoms with Gasteiger partial charge in [-0.15, -0.1) is 0 Å². The molecule has 0 unspecified atom stereocenters. The van der Waals surface area contributed by atoms with E-state index < -0.39 is 0 Å². The monoisotopic (exact) mass is 226 g/mol. The molecule has 3 atom stereocenters. The molecule has 0 radical (unpaired) electrons. The lowest BCUT2D eigenvalue weighted by atomic mass is 9.62. The van der Waals surface area contributed by atoms with Crippen LogP contribution >= 0.6 is 0 Å². The summed E-state index contributed by atoms with van der Waals surface area (Å²) in [6.45, 7) is 12.6. The molecule has 0 spiro atoms. The first kappa shape index (κ1) is 13.7. The fourth-order valence-corrected chi connectivity index (χ4v) is 2.75. The quantitative estimate of drug-likeness (QED) is 0.689. The lowest BCUT2D eigenvalue weighted by Gasteiger charge is -2.43. The van der Waals surface area contributed by atoms with E-state index in [4.69, 9.17) is 0 Å². The Morgan fingerprint density at radius 3 is 1.94 bits per heavy atom. The molecule has 1 aliphatic rings. The van der Waals surface area contributed by atoms with Gasteiger partial charge in [-0.25, -0.2) is 0 Å². The van der Waals surface area contributed by atoms with E-state index in [1.54, 1.807) is 0 Å². The van der Waals surface area contributed by atoms with Gasteiger partial charge in [0.2, 0.25) is 0 Å². The summed E-state index contributed by atoms with van der Waals surface area (Å²) in [7, 11) is 0. The lowest BCUT2D eigenvalue weighted by Crippen LogP contribution is -2.45. The Hall–Kier alpha value is -0.370. The molecule has 2 heteroatoms. The molecule has 0 amide bonds. The summed E-state index contributed by atoms with van der Waals surface area (Å²) in [6.07, 6.45) is 0.832. The van der Waals surface area contributed by atoms with Crippen molar-refractivity contribution in [3.8, 4) is 0 Å². The van der Waals surface area contributed by atoms with Crippen molar-refractivity contribution in [2.45, 2.75) is 60.5 Å². The minimum absolute atomic E-state index is 0.0118. The summed E-state index contributed by atoms with van der Waals surface area (Å²) < 4.78 is 0. The number of rotatable bonds is 0. The Kier molecular flexibility index (Phi) is 3.54. The van der Waals surface area contributed by atoms with Crippen molar-refractivity contribution >= 4 is 5.78 Å². The zero-order valence-corrected chi connectivity index (χ0v) is 11.5. The van der Waals surface area contributed by atoms with E-state index in [9.17, 15) is 9.90 Å². The van der Waals surface area contributed by atoms with Gasteiger partial charge in [0.15, 0.2) is 0 Å². The van der Waals surface area contributed by atoms with Gasteiger partial charge < -0.3 is 5.11 Å². The second-order valence-electron chi connectivity index (χ2n) is 7.36. The Morgan fingerprint density at radius 2 is 1.56 bits per heavy atom. The fourth-order valence-electron chi connectivity index (χ4n) is 2.75. The first-order valence-corrected chi connectivity index (χ1v) is 6.24. The predicted octanol–water partition coefficient (Wildman–Crippen LogP) is 3.03. The van der Waals surface area contributed by atoms with E-state index >= 15 is 0 Å². The molecule has 1 saturated carbocycles. The van der Waals surface area contributed by atoms with Crippen LogP contribution in [-0.2, 0) is 4.79 Å². The molecule has 2 nitrogen and oxygen atoms in total. The van der Waals surface area contributed by atoms with Crippen molar-refractivity contribution < 1.29 is 9.90 Å². The third-order valence-electron chi connectivity index (χ3n) is 3.91. The minimum Gasteiger partial charge on any atom is -0.393 e. The molecule has 0 heterocycles. The molecular weight excluding hydrogens is 200 g/mol. The molecule has 1 fully saturated rings. The molecule has 0 aromatic rings. The maximum absolute atomic E-state index is 12.1. The number of aliphatic hydroxyl groups is 1. The first-order chi connectivity index (χ1) is 7.03. The zero-order valence-electron chi connectivity index (χ0n) is 11.5. The van der Waals surface area contributed by atoms with E-state index in [0.717, 1.165) is 0 Å². The first-order valence-electron chi connectivity index (χ1n) is 6.24. The predicted molar refractivity (Wildman–Crippen MR) is 66.1 cm³/mol. The Labute approximate surface area is 99.4 Å². The van der Waals surface area contributed by atoms with Gasteiger partial charge in [0.1, 0.15) is 5.78 Å². The summed E-state index contributed by atoms with van der Waals surface area (Å²) in [4.78, 5) is 12.1. The normalized spacial score (nSPS) is 32.9. The highest BCUT2D eigenvalue weighted by Crippen LogP contribution is 2.43. The van der Waals surface area contributed by atoms with Gasteiger partial charge in [-0.05, 0) is 23.2 Å². The molecule has 1 aliphatic carbocycles. The summed E-state index contributed by atoms with van der Waals surface area (Å²) in [5.41, 5.74) is -0.0150. The highest BCUT2D eigenvalue weighted by molar-refractivity contribution is 5.83. The van der Waals surface area contributed by atoms with E-state index in [1.165, 1.54) is 0 Å². The van der Waals surface area contributed by atoms with Crippen molar-refractivity contribution in [1.29, 1.82) is 0 Å². The average molecular weight is 226 g/mol. The van der Waals surface area contributed by atoms with E-state index in [2.05, 4.69) is 41.5 Å². The highest BCUT2D eigenvalue weighted by Gasteiger charge is 2.44. The number of ketones is 1. The largest absolute Gasteiger partial charge is 0.393 e. The molecule has 0 aliphatic heterocycles. The van der Waals surface area contributed by atoms with Crippen LogP contribution in [0.2, 0.25) is 0 Å². The van der Waals surface area contributed by atoms with Crippen molar-refractivity contribution in [2.75, 3.05) is 0 Å². The third kappa shape index (κ3) is 2.85. The van der Waals surface area contributed by atoms with Crippen LogP contribution in [0.3, 0.4) is 0 Å². The SMILES string of the molecule is CC(C)(C)[C@@H]1C[C@H](O)[C@@H](C(C)(C)C)CC1=O. The highest BCUT2D eigenvalue weighted by atomic mass is 16.3. The van der Waals surface area contributed by atoms with Gasteiger partial charge in [0, 0.05) is 12.3 Å². The number of carbonyl (C=O) groups is 1. The fraction of sp³-hybridized carbons (Fsp3) is 0.929. The van der Waals surface area contributed by atoms with Crippen LogP contribution in [-0.4, -0.2) is 17.0 Å². The second kappa shape index (κ2) is 4.14. The van der Waals surface area contributed by atoms with Gasteiger partial charge in [-0.2, -0.15) is 0 Å². The molecule has 0 saturated heterocycles. The van der Waals surface area contributed by atoms with E-state index in [0.29, 0.717) is 18.6 Å². The maximum Gasteiger partial charge on any atom is 0.136 e. The van der Waals surface area contributed by atoms with E-state index in [1.807, 2.05) is 0 Å². The average Bonchev–Trinajstić information content (AvgIpc) is 2.04. The van der Waals surface area contributed by atoms with Crippen LogP contribution in [0, 0.1) is 22.7 Å². The van der Waals surface area contributed by atoms with Gasteiger partial charge in [-0.1, -0.05) is 41.5 Å². The number of aliphatic hydroxyl groups excluding tert-OH is 1. The zero-order chi connectivity index (χ0) is 12.7. The van der Waals surface area contributed by atoms with E-state index in [-0.39, 0.29) is 28.8 Å². The number of hydrogen-bond acceptors (Lipinski definition) is 2. The van der Waals surface area contributed by atoms with Crippen molar-refractivity contribution in [1.82, 2.24) is 0 Å². The topological polar surface area (TPSA) is 37.3 Å². The smallest absolute Gasteiger partial charge is 0.136 e. The van der Waals surface area contributed by atoms with Gasteiger partial charge in [0.05, 0.1) is 6.10 Å². The number of carbonyl (C=O) groups excluding carboxylic acids is 1. The van der Waals surface area contributed by atoms with Crippen molar-refractivity contribution in [3.63, 3.8) is 0 Å². The summed E-state index contributed by atoms with van der Waals surface area (Å²) >= 11 is 0. The Balaban J connectivity index is 2.83. The van der Waals surface area contributed by atoms with Crippen LogP contribution in [0.5, 0.6) is 0 Å². The minimum atomic E-state index is -0.332. The standard InChI is InChI=1S/C14H26O2/c1-13(2,3)9-7-12(16)10(8-11(9)15)14(4,5)6/h9-11,15H,7-8H2,1-6H3/t9-,10+,11-/m0/s1. The third-order valence-corrected chi connectivity index (χ3v) is 3.91. The lowest BCUT2D eigenvalue weighted by molar-refractivity contribution is -0.138. The molecule has 0 aromatic heterocycles. The van der Waals surface area contributed by atoms with Gasteiger partial charge in [-0.3, -0.25) is 4.79 Å². The van der Waals surface area contributed by atoms with Gasteiger partial charge >= 0.3 is 0 Å². The number of hydrogen-bond donors (Lipinski definition) is 1. The molecule has 0 aromatic carbocycles. The molecule has 0 bridgehead atoms.